The Hall–Kier alpha value is -2.96. The van der Waals surface area contributed by atoms with Crippen LogP contribution in [-0.4, -0.2) is 19.9 Å². The zero-order chi connectivity index (χ0) is 15.0. The van der Waals surface area contributed by atoms with Gasteiger partial charge in [-0.3, -0.25) is 24.9 Å². The molecule has 7 nitrogen and oxygen atoms in total. The van der Waals surface area contributed by atoms with Crippen LogP contribution in [0.25, 0.3) is 10.9 Å². The number of rotatable bonds is 2. The van der Waals surface area contributed by atoms with Crippen molar-refractivity contribution in [2.45, 2.75) is 13.8 Å². The molecule has 0 fully saturated rings. The minimum atomic E-state index is -0.274. The molecule has 0 amide bonds. The van der Waals surface area contributed by atoms with E-state index in [-0.39, 0.29) is 23.0 Å². The van der Waals surface area contributed by atoms with Gasteiger partial charge in [0.05, 0.1) is 10.9 Å². The van der Waals surface area contributed by atoms with Gasteiger partial charge in [0.25, 0.3) is 11.1 Å². The number of hydrogen-bond acceptors (Lipinski definition) is 5. The van der Waals surface area contributed by atoms with Gasteiger partial charge < -0.3 is 0 Å². The molecule has 0 saturated heterocycles. The van der Waals surface area contributed by atoms with Crippen molar-refractivity contribution in [1.29, 1.82) is 0 Å². The molecular formula is C14H13N5O2. The normalized spacial score (nSPS) is 10.8. The Balaban J connectivity index is 2.08. The third-order valence-electron chi connectivity index (χ3n) is 2.97. The van der Waals surface area contributed by atoms with Crippen molar-refractivity contribution < 1.29 is 0 Å². The Morgan fingerprint density at radius 1 is 1.00 bits per heavy atom. The Bertz CT molecular complexity index is 942. The number of aromatic amines is 2. The number of nitrogens with one attached hydrogen (secondary N) is 3. The van der Waals surface area contributed by atoms with E-state index in [1.807, 2.05) is 19.1 Å². The Morgan fingerprint density at radius 2 is 1.76 bits per heavy atom. The number of nitrogens with zero attached hydrogens (tertiary/aromatic N) is 2. The van der Waals surface area contributed by atoms with E-state index in [1.165, 1.54) is 6.07 Å². The number of aromatic nitrogens is 4. The fourth-order valence-corrected chi connectivity index (χ4v) is 2.06. The number of hydrogen-bond donors (Lipinski definition) is 3. The van der Waals surface area contributed by atoms with Gasteiger partial charge in [-0.15, -0.1) is 0 Å². The quantitative estimate of drug-likeness (QED) is 0.659. The first kappa shape index (κ1) is 13.0. The van der Waals surface area contributed by atoms with E-state index in [0.29, 0.717) is 16.6 Å². The standard InChI is InChI=1S/C14H13N5O2/c1-7-3-4-9-10(5-7)16-14(18-12(9)21)19-13-15-8(2)6-11(20)17-13/h3-6H,1-2H3,(H3,15,16,17,18,19,20,21). The lowest BCUT2D eigenvalue weighted by Gasteiger charge is -2.06. The van der Waals surface area contributed by atoms with E-state index in [0.717, 1.165) is 5.56 Å². The van der Waals surface area contributed by atoms with Gasteiger partial charge in [0.2, 0.25) is 11.9 Å². The molecular weight excluding hydrogens is 270 g/mol. The van der Waals surface area contributed by atoms with Crippen LogP contribution in [0.3, 0.4) is 0 Å². The number of fused-ring (bicyclic) bond motifs is 1. The van der Waals surface area contributed by atoms with E-state index in [2.05, 4.69) is 25.3 Å². The summed E-state index contributed by atoms with van der Waals surface area (Å²) in [6, 6.07) is 6.78. The first-order valence-corrected chi connectivity index (χ1v) is 6.37. The van der Waals surface area contributed by atoms with Crippen LogP contribution >= 0.6 is 0 Å². The Morgan fingerprint density at radius 3 is 2.52 bits per heavy atom. The molecule has 0 aliphatic rings. The van der Waals surface area contributed by atoms with Gasteiger partial charge in [-0.25, -0.2) is 9.97 Å². The number of aryl methyl sites for hydroxylation is 2. The molecule has 0 saturated carbocycles. The molecule has 3 aromatic rings. The van der Waals surface area contributed by atoms with E-state index in [1.54, 1.807) is 13.0 Å². The summed E-state index contributed by atoms with van der Waals surface area (Å²) in [5.74, 6) is 0.460. The highest BCUT2D eigenvalue weighted by Gasteiger charge is 2.05. The van der Waals surface area contributed by atoms with Crippen LogP contribution in [0, 0.1) is 13.8 Å². The Kier molecular flexibility index (Phi) is 3.02. The van der Waals surface area contributed by atoms with Crippen molar-refractivity contribution in [2.75, 3.05) is 5.32 Å². The molecule has 3 rings (SSSR count). The maximum Gasteiger partial charge on any atom is 0.260 e. The minimum absolute atomic E-state index is 0.229. The van der Waals surface area contributed by atoms with Crippen LogP contribution in [0.2, 0.25) is 0 Å². The summed E-state index contributed by atoms with van der Waals surface area (Å²) in [7, 11) is 0. The monoisotopic (exact) mass is 283 g/mol. The summed E-state index contributed by atoms with van der Waals surface area (Å²) in [5, 5.41) is 3.32. The zero-order valence-corrected chi connectivity index (χ0v) is 11.5. The molecule has 0 radical (unpaired) electrons. The lowest BCUT2D eigenvalue weighted by atomic mass is 10.2. The zero-order valence-electron chi connectivity index (χ0n) is 11.5. The van der Waals surface area contributed by atoms with Crippen molar-refractivity contribution in [3.05, 3.63) is 56.2 Å². The van der Waals surface area contributed by atoms with Gasteiger partial charge in [0.1, 0.15) is 0 Å². The van der Waals surface area contributed by atoms with Crippen molar-refractivity contribution in [2.24, 2.45) is 0 Å². The second kappa shape index (κ2) is 4.86. The van der Waals surface area contributed by atoms with Crippen LogP contribution in [-0.2, 0) is 0 Å². The smallest absolute Gasteiger partial charge is 0.260 e. The van der Waals surface area contributed by atoms with Gasteiger partial charge in [-0.1, -0.05) is 6.07 Å². The van der Waals surface area contributed by atoms with E-state index in [9.17, 15) is 9.59 Å². The molecule has 0 bridgehead atoms. The van der Waals surface area contributed by atoms with E-state index >= 15 is 0 Å². The van der Waals surface area contributed by atoms with Gasteiger partial charge in [-0.2, -0.15) is 0 Å². The van der Waals surface area contributed by atoms with E-state index in [4.69, 9.17) is 0 Å². The van der Waals surface area contributed by atoms with Gasteiger partial charge in [0, 0.05) is 11.8 Å². The maximum absolute atomic E-state index is 12.0. The first-order chi connectivity index (χ1) is 10.0. The van der Waals surface area contributed by atoms with Gasteiger partial charge in [0.15, 0.2) is 0 Å². The summed E-state index contributed by atoms with van der Waals surface area (Å²) < 4.78 is 0. The fourth-order valence-electron chi connectivity index (χ4n) is 2.06. The van der Waals surface area contributed by atoms with Gasteiger partial charge >= 0.3 is 0 Å². The molecule has 0 aliphatic carbocycles. The summed E-state index contributed by atoms with van der Waals surface area (Å²) in [4.78, 5) is 37.0. The number of anilines is 2. The largest absolute Gasteiger partial charge is 0.296 e. The average molecular weight is 283 g/mol. The van der Waals surface area contributed by atoms with E-state index < -0.39 is 0 Å². The predicted molar refractivity (Wildman–Crippen MR) is 80.0 cm³/mol. The van der Waals surface area contributed by atoms with Crippen molar-refractivity contribution in [3.63, 3.8) is 0 Å². The summed E-state index contributed by atoms with van der Waals surface area (Å²) in [6.07, 6.45) is 0. The molecule has 7 heteroatoms. The highest BCUT2D eigenvalue weighted by molar-refractivity contribution is 5.79. The Labute approximate surface area is 119 Å². The third-order valence-corrected chi connectivity index (χ3v) is 2.97. The fraction of sp³-hybridized carbons (Fsp3) is 0.143. The molecule has 0 aliphatic heterocycles. The molecule has 3 N–H and O–H groups in total. The summed E-state index contributed by atoms with van der Waals surface area (Å²) in [5.41, 5.74) is 1.63. The molecule has 2 heterocycles. The van der Waals surface area contributed by atoms with Crippen LogP contribution < -0.4 is 16.4 Å². The number of H-pyrrole nitrogens is 2. The summed E-state index contributed by atoms with van der Waals surface area (Å²) in [6.45, 7) is 3.63. The second-order valence-electron chi connectivity index (χ2n) is 4.80. The van der Waals surface area contributed by atoms with Crippen LogP contribution in [0.15, 0.2) is 33.9 Å². The SMILES string of the molecule is Cc1ccc2c(=O)[nH]c(Nc3nc(C)cc(=O)[nH]3)nc2c1. The van der Waals surface area contributed by atoms with Crippen molar-refractivity contribution >= 4 is 22.8 Å². The van der Waals surface area contributed by atoms with Crippen LogP contribution in [0.5, 0.6) is 0 Å². The first-order valence-electron chi connectivity index (χ1n) is 6.37. The lowest BCUT2D eigenvalue weighted by molar-refractivity contribution is 1.05. The highest BCUT2D eigenvalue weighted by Crippen LogP contribution is 2.12. The van der Waals surface area contributed by atoms with Crippen molar-refractivity contribution in [3.8, 4) is 0 Å². The molecule has 106 valence electrons. The molecule has 0 spiro atoms. The molecule has 1 aromatic carbocycles. The molecule has 0 unspecified atom stereocenters. The predicted octanol–water partition coefficient (Wildman–Crippen LogP) is 1.37. The topological polar surface area (TPSA) is 104 Å². The highest BCUT2D eigenvalue weighted by atomic mass is 16.1. The minimum Gasteiger partial charge on any atom is -0.296 e. The average Bonchev–Trinajstić information content (AvgIpc) is 2.36. The molecule has 2 aromatic heterocycles. The molecule has 21 heavy (non-hydrogen) atoms. The lowest BCUT2D eigenvalue weighted by Crippen LogP contribution is -2.15. The summed E-state index contributed by atoms with van der Waals surface area (Å²) >= 11 is 0. The van der Waals surface area contributed by atoms with Crippen LogP contribution in [0.4, 0.5) is 11.9 Å². The third kappa shape index (κ3) is 2.66. The van der Waals surface area contributed by atoms with Crippen molar-refractivity contribution in [1.82, 2.24) is 19.9 Å². The van der Waals surface area contributed by atoms with Crippen LogP contribution in [0.1, 0.15) is 11.3 Å². The maximum atomic E-state index is 12.0. The number of benzene rings is 1. The second-order valence-corrected chi connectivity index (χ2v) is 4.80. The van der Waals surface area contributed by atoms with Gasteiger partial charge in [-0.05, 0) is 31.5 Å². The molecule has 0 atom stereocenters.